The minimum atomic E-state index is -4.65. The maximum atomic E-state index is 15.5. The molecule has 0 atom stereocenters. The first-order chi connectivity index (χ1) is 21.7. The maximum absolute atomic E-state index is 15.5. The Labute approximate surface area is 269 Å². The predicted molar refractivity (Wildman–Crippen MR) is 167 cm³/mol. The molecule has 3 aromatic heterocycles. The fourth-order valence-electron chi connectivity index (χ4n) is 4.56. The quantitative estimate of drug-likeness (QED) is 0.162. The van der Waals surface area contributed by atoms with Gasteiger partial charge in [0, 0.05) is 11.8 Å². The summed E-state index contributed by atoms with van der Waals surface area (Å²) in [6.45, 7) is 5.43. The van der Waals surface area contributed by atoms with Crippen LogP contribution in [-0.4, -0.2) is 44.0 Å². The summed E-state index contributed by atoms with van der Waals surface area (Å²) in [5.74, 6) is -1.12. The molecule has 0 aliphatic heterocycles. The van der Waals surface area contributed by atoms with Crippen molar-refractivity contribution in [3.63, 3.8) is 0 Å². The van der Waals surface area contributed by atoms with Gasteiger partial charge in [-0.15, -0.1) is 0 Å². The molecule has 5 aromatic rings. The number of amides is 1. The molecule has 0 fully saturated rings. The molecule has 2 aromatic carbocycles. The number of anilines is 1. The molecule has 1 amide bonds. The van der Waals surface area contributed by atoms with Crippen molar-refractivity contribution in [2.75, 3.05) is 11.9 Å². The van der Waals surface area contributed by atoms with Gasteiger partial charge >= 0.3 is 12.3 Å². The highest BCUT2D eigenvalue weighted by atomic mass is 79.9. The molecule has 0 saturated carbocycles. The number of hydrogen-bond donors (Lipinski definition) is 1. The molecule has 0 aliphatic rings. The van der Waals surface area contributed by atoms with E-state index in [-0.39, 0.29) is 35.0 Å². The highest BCUT2D eigenvalue weighted by molar-refractivity contribution is 9.10. The van der Waals surface area contributed by atoms with Crippen LogP contribution in [0.15, 0.2) is 71.6 Å². The van der Waals surface area contributed by atoms with Gasteiger partial charge in [-0.3, -0.25) is 10.3 Å². The van der Waals surface area contributed by atoms with E-state index in [1.807, 2.05) is 30.3 Å². The van der Waals surface area contributed by atoms with Gasteiger partial charge in [0.1, 0.15) is 29.6 Å². The first-order valence-electron chi connectivity index (χ1n) is 13.9. The number of nitrogens with zero attached hydrogens (tertiary/aromatic N) is 4. The van der Waals surface area contributed by atoms with E-state index in [2.05, 4.69) is 36.2 Å². The van der Waals surface area contributed by atoms with E-state index >= 15 is 4.39 Å². The average molecular weight is 703 g/mol. The first-order valence-corrected chi connectivity index (χ1v) is 14.7. The summed E-state index contributed by atoms with van der Waals surface area (Å²) in [6, 6.07) is 15.0. The van der Waals surface area contributed by atoms with E-state index in [1.165, 1.54) is 22.9 Å². The summed E-state index contributed by atoms with van der Waals surface area (Å²) in [5.41, 5.74) is 2.15. The standard InChI is InChI=1S/C32H28BrF4N5O4/c1-18-12-20(41-30(43)46-31(2,3)4)14-38-25(18)27-24(33)26-28(29(40-17-39-26)45-16-32(35,36)37)42(27)21-10-11-23(22(34)13-21)44-15-19-8-6-5-7-9-19/h5-14,17H,15-16H2,1-4H3,(H,41,43). The van der Waals surface area contributed by atoms with Crippen molar-refractivity contribution in [1.82, 2.24) is 19.5 Å². The van der Waals surface area contributed by atoms with E-state index in [9.17, 15) is 18.0 Å². The predicted octanol–water partition coefficient (Wildman–Crippen LogP) is 8.56. The van der Waals surface area contributed by atoms with Crippen molar-refractivity contribution in [2.24, 2.45) is 0 Å². The van der Waals surface area contributed by atoms with Gasteiger partial charge in [0.15, 0.2) is 18.2 Å². The summed E-state index contributed by atoms with van der Waals surface area (Å²) in [6.07, 6.45) is -2.85. The molecule has 9 nitrogen and oxygen atoms in total. The van der Waals surface area contributed by atoms with Crippen LogP contribution in [0.5, 0.6) is 11.6 Å². The Bertz CT molecular complexity index is 1890. The summed E-state index contributed by atoms with van der Waals surface area (Å²) in [4.78, 5) is 25.1. The van der Waals surface area contributed by atoms with Gasteiger partial charge in [0.25, 0.3) is 0 Å². The van der Waals surface area contributed by atoms with Gasteiger partial charge in [0.2, 0.25) is 5.88 Å². The minimum absolute atomic E-state index is 0.0265. The fraction of sp³-hybridized carbons (Fsp3) is 0.250. The van der Waals surface area contributed by atoms with Crippen LogP contribution in [0.3, 0.4) is 0 Å². The normalized spacial score (nSPS) is 11.8. The van der Waals surface area contributed by atoms with Crippen molar-refractivity contribution in [2.45, 2.75) is 46.1 Å². The molecular weight excluding hydrogens is 674 g/mol. The second kappa shape index (κ2) is 12.9. The Kier molecular flexibility index (Phi) is 9.20. The van der Waals surface area contributed by atoms with Crippen LogP contribution >= 0.6 is 15.9 Å². The number of alkyl halides is 3. The molecule has 3 heterocycles. The lowest BCUT2D eigenvalue weighted by Crippen LogP contribution is -2.27. The average Bonchev–Trinajstić information content (AvgIpc) is 3.27. The van der Waals surface area contributed by atoms with E-state index in [4.69, 9.17) is 14.2 Å². The third-order valence-corrected chi connectivity index (χ3v) is 7.13. The van der Waals surface area contributed by atoms with Crippen LogP contribution < -0.4 is 14.8 Å². The SMILES string of the molecule is Cc1cc(NC(=O)OC(C)(C)C)cnc1-c1c(Br)c2ncnc(OCC(F)(F)F)c2n1-c1ccc(OCc2ccccc2)c(F)c1. The zero-order valence-corrected chi connectivity index (χ0v) is 26.7. The molecule has 14 heteroatoms. The van der Waals surface area contributed by atoms with Gasteiger partial charge < -0.3 is 18.8 Å². The topological polar surface area (TPSA) is 100 Å². The number of pyridine rings is 1. The molecule has 0 spiro atoms. The van der Waals surface area contributed by atoms with Gasteiger partial charge in [-0.1, -0.05) is 30.3 Å². The van der Waals surface area contributed by atoms with Crippen LogP contribution in [0.4, 0.5) is 28.0 Å². The Morgan fingerprint density at radius 3 is 2.39 bits per heavy atom. The van der Waals surface area contributed by atoms with Crippen molar-refractivity contribution in [3.05, 3.63) is 88.5 Å². The molecule has 240 valence electrons. The first kappa shape index (κ1) is 32.7. The summed E-state index contributed by atoms with van der Waals surface area (Å²) < 4.78 is 73.0. The van der Waals surface area contributed by atoms with E-state index in [0.29, 0.717) is 27.1 Å². The number of carbonyl (C=O) groups is 1. The lowest BCUT2D eigenvalue weighted by Gasteiger charge is -2.20. The second-order valence-electron chi connectivity index (χ2n) is 11.2. The summed E-state index contributed by atoms with van der Waals surface area (Å²) in [7, 11) is 0. The highest BCUT2D eigenvalue weighted by Crippen LogP contribution is 2.43. The lowest BCUT2D eigenvalue weighted by atomic mass is 10.1. The van der Waals surface area contributed by atoms with Crippen molar-refractivity contribution in [3.8, 4) is 28.7 Å². The van der Waals surface area contributed by atoms with Crippen LogP contribution in [0.25, 0.3) is 28.1 Å². The fourth-order valence-corrected chi connectivity index (χ4v) is 5.22. The number of fused-ring (bicyclic) bond motifs is 1. The molecule has 0 bridgehead atoms. The smallest absolute Gasteiger partial charge is 0.422 e. The number of hydrogen-bond acceptors (Lipinski definition) is 7. The van der Waals surface area contributed by atoms with Gasteiger partial charge in [-0.25, -0.2) is 14.2 Å². The van der Waals surface area contributed by atoms with Crippen LogP contribution in [0, 0.1) is 12.7 Å². The second-order valence-corrected chi connectivity index (χ2v) is 12.0. The van der Waals surface area contributed by atoms with Gasteiger partial charge in [-0.2, -0.15) is 18.2 Å². The molecule has 0 aliphatic carbocycles. The van der Waals surface area contributed by atoms with E-state index < -0.39 is 30.3 Å². The van der Waals surface area contributed by atoms with Gasteiger partial charge in [0.05, 0.1) is 27.7 Å². The highest BCUT2D eigenvalue weighted by Gasteiger charge is 2.31. The number of aromatic nitrogens is 4. The number of rotatable bonds is 8. The third-order valence-electron chi connectivity index (χ3n) is 6.38. The van der Waals surface area contributed by atoms with E-state index in [0.717, 1.165) is 11.9 Å². The monoisotopic (exact) mass is 701 g/mol. The molecule has 5 rings (SSSR count). The maximum Gasteiger partial charge on any atom is 0.422 e. The Morgan fingerprint density at radius 2 is 1.74 bits per heavy atom. The zero-order valence-electron chi connectivity index (χ0n) is 25.1. The number of carbonyl (C=O) groups excluding carboxylic acids is 1. The Hall–Kier alpha value is -4.72. The van der Waals surface area contributed by atoms with Crippen molar-refractivity contribution >= 4 is 38.7 Å². The Balaban J connectivity index is 1.62. The van der Waals surface area contributed by atoms with Crippen molar-refractivity contribution < 1.29 is 36.6 Å². The van der Waals surface area contributed by atoms with Gasteiger partial charge in [-0.05, 0) is 73.0 Å². The molecule has 0 unspecified atom stereocenters. The number of ether oxygens (including phenoxy) is 3. The molecule has 46 heavy (non-hydrogen) atoms. The summed E-state index contributed by atoms with van der Waals surface area (Å²) >= 11 is 3.53. The Morgan fingerprint density at radius 1 is 1.00 bits per heavy atom. The number of benzene rings is 2. The molecule has 1 N–H and O–H groups in total. The lowest BCUT2D eigenvalue weighted by molar-refractivity contribution is -0.153. The third kappa shape index (κ3) is 7.56. The number of halogens is 5. The van der Waals surface area contributed by atoms with Crippen LogP contribution in [-0.2, 0) is 11.3 Å². The largest absolute Gasteiger partial charge is 0.486 e. The minimum Gasteiger partial charge on any atom is -0.486 e. The van der Waals surface area contributed by atoms with Crippen LogP contribution in [0.2, 0.25) is 0 Å². The molecule has 0 radical (unpaired) electrons. The number of aryl methyl sites for hydroxylation is 1. The summed E-state index contributed by atoms with van der Waals surface area (Å²) in [5, 5.41) is 2.63. The number of nitrogens with one attached hydrogen (secondary N) is 1. The molecule has 0 saturated heterocycles. The van der Waals surface area contributed by atoms with Crippen molar-refractivity contribution in [1.29, 1.82) is 0 Å². The van der Waals surface area contributed by atoms with Crippen LogP contribution in [0.1, 0.15) is 31.9 Å². The van der Waals surface area contributed by atoms with E-state index in [1.54, 1.807) is 39.8 Å². The molecular formula is C32H28BrF4N5O4. The zero-order chi connectivity index (χ0) is 33.2.